The number of halogens is 3. The Morgan fingerprint density at radius 1 is 1.07 bits per heavy atom. The van der Waals surface area contributed by atoms with Gasteiger partial charge in [-0.05, 0) is 30.3 Å². The predicted molar refractivity (Wildman–Crippen MR) is 103 cm³/mol. The fraction of sp³-hybridized carbons (Fsp3) is 0.263. The van der Waals surface area contributed by atoms with E-state index in [0.717, 1.165) is 0 Å². The maximum absolute atomic E-state index is 12.5. The average molecular weight is 441 g/mol. The fourth-order valence-corrected chi connectivity index (χ4v) is 4.11. The summed E-state index contributed by atoms with van der Waals surface area (Å²) in [6.45, 7) is -1.73. The van der Waals surface area contributed by atoms with E-state index in [-0.39, 0.29) is 29.2 Å². The van der Waals surface area contributed by atoms with Crippen LogP contribution in [0.2, 0.25) is 0 Å². The number of anilines is 2. The Kier molecular flexibility index (Phi) is 6.01. The van der Waals surface area contributed by atoms with Crippen molar-refractivity contribution in [2.24, 2.45) is 5.92 Å². The molecule has 1 atom stereocenters. The van der Waals surface area contributed by atoms with Gasteiger partial charge in [0.25, 0.3) is 10.0 Å². The molecule has 3 rings (SSSR count). The molecule has 2 aromatic rings. The van der Waals surface area contributed by atoms with E-state index in [1.165, 1.54) is 36.4 Å². The molecule has 1 unspecified atom stereocenters. The Bertz CT molecular complexity index is 1040. The average Bonchev–Trinajstić information content (AvgIpc) is 3.01. The van der Waals surface area contributed by atoms with Crippen LogP contribution in [-0.4, -0.2) is 44.4 Å². The Morgan fingerprint density at radius 3 is 2.40 bits per heavy atom. The first-order valence-electron chi connectivity index (χ1n) is 8.87. The van der Waals surface area contributed by atoms with E-state index in [0.29, 0.717) is 4.90 Å². The number of nitrogens with one attached hydrogen (secondary N) is 2. The lowest BCUT2D eigenvalue weighted by Crippen LogP contribution is -2.36. The number of alkyl halides is 3. The Balaban J connectivity index is 1.66. The molecule has 2 N–H and O–H groups in total. The van der Waals surface area contributed by atoms with Crippen LogP contribution in [0.5, 0.6) is 0 Å². The second-order valence-corrected chi connectivity index (χ2v) is 8.46. The van der Waals surface area contributed by atoms with Gasteiger partial charge in [-0.1, -0.05) is 24.3 Å². The van der Waals surface area contributed by atoms with Crippen LogP contribution in [0.1, 0.15) is 6.42 Å². The molecule has 1 aliphatic rings. The van der Waals surface area contributed by atoms with Gasteiger partial charge < -0.3 is 10.2 Å². The lowest BCUT2D eigenvalue weighted by Gasteiger charge is -2.18. The zero-order valence-electron chi connectivity index (χ0n) is 15.5. The summed E-state index contributed by atoms with van der Waals surface area (Å²) in [6.07, 6.45) is -4.85. The molecule has 1 heterocycles. The predicted octanol–water partition coefficient (Wildman–Crippen LogP) is 2.84. The lowest BCUT2D eigenvalue weighted by molar-refractivity contribution is -0.157. The van der Waals surface area contributed by atoms with Crippen molar-refractivity contribution in [1.82, 2.24) is 4.90 Å². The molecule has 2 amide bonds. The third kappa shape index (κ3) is 5.50. The summed E-state index contributed by atoms with van der Waals surface area (Å²) in [7, 11) is -3.83. The van der Waals surface area contributed by atoms with Crippen molar-refractivity contribution in [2.45, 2.75) is 17.5 Å². The Hall–Kier alpha value is -3.08. The molecule has 0 aliphatic carbocycles. The van der Waals surface area contributed by atoms with Crippen LogP contribution in [0.4, 0.5) is 24.5 Å². The minimum Gasteiger partial charge on any atom is -0.333 e. The molecule has 160 valence electrons. The minimum atomic E-state index is -4.54. The summed E-state index contributed by atoms with van der Waals surface area (Å²) >= 11 is 0. The van der Waals surface area contributed by atoms with Gasteiger partial charge >= 0.3 is 6.18 Å². The second kappa shape index (κ2) is 8.34. The van der Waals surface area contributed by atoms with E-state index in [2.05, 4.69) is 10.0 Å². The van der Waals surface area contributed by atoms with Crippen LogP contribution in [-0.2, 0) is 19.6 Å². The maximum Gasteiger partial charge on any atom is 0.406 e. The quantitative estimate of drug-likeness (QED) is 0.721. The number of likely N-dealkylation sites (tertiary alicyclic amines) is 1. The number of hydrogen-bond donors (Lipinski definition) is 2. The normalized spacial score (nSPS) is 17.1. The third-order valence-electron chi connectivity index (χ3n) is 4.39. The van der Waals surface area contributed by atoms with E-state index in [4.69, 9.17) is 0 Å². The van der Waals surface area contributed by atoms with Crippen molar-refractivity contribution in [3.63, 3.8) is 0 Å². The number of nitrogens with zero attached hydrogens (tertiary/aromatic N) is 1. The van der Waals surface area contributed by atoms with Crippen molar-refractivity contribution in [3.8, 4) is 0 Å². The van der Waals surface area contributed by atoms with Crippen LogP contribution >= 0.6 is 0 Å². The highest BCUT2D eigenvalue weighted by Crippen LogP contribution is 2.25. The van der Waals surface area contributed by atoms with Gasteiger partial charge in [-0.25, -0.2) is 8.42 Å². The number of benzene rings is 2. The molecular formula is C19H18F3N3O4S. The van der Waals surface area contributed by atoms with E-state index >= 15 is 0 Å². The SMILES string of the molecule is O=C(Nc1cccc(NS(=O)(=O)c2ccccc2)c1)C1CC(=O)N(CC(F)(F)F)C1. The highest BCUT2D eigenvalue weighted by atomic mass is 32.2. The first-order valence-corrected chi connectivity index (χ1v) is 10.4. The molecular weight excluding hydrogens is 423 g/mol. The standard InChI is InChI=1S/C19H18F3N3O4S/c20-19(21,22)12-25-11-13(9-17(25)26)18(27)23-14-5-4-6-15(10-14)24-30(28,29)16-7-2-1-3-8-16/h1-8,10,13,24H,9,11-12H2,(H,23,27). The molecule has 1 aliphatic heterocycles. The second-order valence-electron chi connectivity index (χ2n) is 6.78. The molecule has 0 radical (unpaired) electrons. The number of rotatable bonds is 6. The molecule has 0 spiro atoms. The molecule has 2 aromatic carbocycles. The summed E-state index contributed by atoms with van der Waals surface area (Å²) in [5.41, 5.74) is 0.438. The summed E-state index contributed by atoms with van der Waals surface area (Å²) in [5, 5.41) is 2.52. The first kappa shape index (κ1) is 21.6. The van der Waals surface area contributed by atoms with Crippen LogP contribution in [0.25, 0.3) is 0 Å². The summed E-state index contributed by atoms with van der Waals surface area (Å²) in [5.74, 6) is -2.28. The van der Waals surface area contributed by atoms with Gasteiger partial charge in [-0.15, -0.1) is 0 Å². The number of hydrogen-bond acceptors (Lipinski definition) is 4. The fourth-order valence-electron chi connectivity index (χ4n) is 3.04. The van der Waals surface area contributed by atoms with Crippen molar-refractivity contribution in [3.05, 3.63) is 54.6 Å². The first-order chi connectivity index (χ1) is 14.0. The number of carbonyl (C=O) groups is 2. The number of sulfonamides is 1. The van der Waals surface area contributed by atoms with E-state index < -0.39 is 40.5 Å². The topological polar surface area (TPSA) is 95.6 Å². The van der Waals surface area contributed by atoms with Gasteiger partial charge in [-0.3, -0.25) is 14.3 Å². The molecule has 1 fully saturated rings. The van der Waals surface area contributed by atoms with Crippen molar-refractivity contribution in [1.29, 1.82) is 0 Å². The largest absolute Gasteiger partial charge is 0.406 e. The zero-order chi connectivity index (χ0) is 21.9. The summed E-state index contributed by atoms with van der Waals surface area (Å²) in [4.78, 5) is 24.8. The monoisotopic (exact) mass is 441 g/mol. The van der Waals surface area contributed by atoms with Gasteiger partial charge in [0.15, 0.2) is 0 Å². The van der Waals surface area contributed by atoms with Crippen molar-refractivity contribution >= 4 is 33.2 Å². The van der Waals surface area contributed by atoms with Gasteiger partial charge in [0, 0.05) is 18.7 Å². The smallest absolute Gasteiger partial charge is 0.333 e. The molecule has 0 aromatic heterocycles. The molecule has 7 nitrogen and oxygen atoms in total. The lowest BCUT2D eigenvalue weighted by atomic mass is 10.1. The molecule has 1 saturated heterocycles. The highest BCUT2D eigenvalue weighted by Gasteiger charge is 2.40. The van der Waals surface area contributed by atoms with Crippen molar-refractivity contribution in [2.75, 3.05) is 23.1 Å². The van der Waals surface area contributed by atoms with E-state index in [1.54, 1.807) is 18.2 Å². The zero-order valence-corrected chi connectivity index (χ0v) is 16.3. The minimum absolute atomic E-state index is 0.0636. The summed E-state index contributed by atoms with van der Waals surface area (Å²) < 4.78 is 64.7. The van der Waals surface area contributed by atoms with Crippen LogP contribution in [0.3, 0.4) is 0 Å². The van der Waals surface area contributed by atoms with Crippen LogP contribution in [0, 0.1) is 5.92 Å². The molecule has 0 saturated carbocycles. The summed E-state index contributed by atoms with van der Waals surface area (Å²) in [6, 6.07) is 13.6. The Labute approximate surface area is 170 Å². The number of carbonyl (C=O) groups excluding carboxylic acids is 2. The van der Waals surface area contributed by atoms with Gasteiger partial charge in [-0.2, -0.15) is 13.2 Å². The molecule has 0 bridgehead atoms. The number of amides is 2. The van der Waals surface area contributed by atoms with E-state index in [1.807, 2.05) is 0 Å². The molecule has 30 heavy (non-hydrogen) atoms. The van der Waals surface area contributed by atoms with Crippen molar-refractivity contribution < 1.29 is 31.2 Å². The molecule has 11 heteroatoms. The third-order valence-corrected chi connectivity index (χ3v) is 5.79. The maximum atomic E-state index is 12.5. The van der Waals surface area contributed by atoms with Gasteiger partial charge in [0.2, 0.25) is 11.8 Å². The van der Waals surface area contributed by atoms with Gasteiger partial charge in [0.1, 0.15) is 6.54 Å². The Morgan fingerprint density at radius 2 is 1.73 bits per heavy atom. The highest BCUT2D eigenvalue weighted by molar-refractivity contribution is 7.92. The van der Waals surface area contributed by atoms with Gasteiger partial charge in [0.05, 0.1) is 16.5 Å². The van der Waals surface area contributed by atoms with E-state index in [9.17, 15) is 31.2 Å². The van der Waals surface area contributed by atoms with Crippen LogP contribution in [0.15, 0.2) is 59.5 Å². The van der Waals surface area contributed by atoms with Crippen LogP contribution < -0.4 is 10.0 Å².